The highest BCUT2D eigenvalue weighted by atomic mass is 35.5. The smallest absolute Gasteiger partial charge is 0.270 e. The van der Waals surface area contributed by atoms with Crippen molar-refractivity contribution in [3.63, 3.8) is 0 Å². The first-order valence-corrected chi connectivity index (χ1v) is 11.6. The number of ketones is 1. The number of nitrogens with one attached hydrogen (secondary N) is 3. The zero-order chi connectivity index (χ0) is 25.7. The number of amides is 4. The van der Waals surface area contributed by atoms with Gasteiger partial charge in [-0.2, -0.15) is 0 Å². The van der Waals surface area contributed by atoms with Crippen molar-refractivity contribution in [1.29, 1.82) is 0 Å². The van der Waals surface area contributed by atoms with E-state index in [0.29, 0.717) is 10.6 Å². The molecule has 3 N–H and O–H groups in total. The first-order valence-electron chi connectivity index (χ1n) is 11.2. The molecular weight excluding hydrogens is 472 g/mol. The molecule has 184 valence electrons. The monoisotopic (exact) mass is 498 g/mol. The molecule has 0 aliphatic carbocycles. The van der Waals surface area contributed by atoms with Crippen LogP contribution in [0.2, 0.25) is 5.02 Å². The van der Waals surface area contributed by atoms with Crippen LogP contribution >= 0.6 is 11.6 Å². The average Bonchev–Trinajstić information content (AvgIpc) is 3.07. The van der Waals surface area contributed by atoms with Gasteiger partial charge in [0.15, 0.2) is 5.78 Å². The van der Waals surface area contributed by atoms with Gasteiger partial charge >= 0.3 is 0 Å². The van der Waals surface area contributed by atoms with Gasteiger partial charge in [0.05, 0.1) is 24.4 Å². The zero-order valence-electron chi connectivity index (χ0n) is 19.6. The molecule has 1 fully saturated rings. The largest absolute Gasteiger partial charge is 0.346 e. The Hall–Kier alpha value is -3.59. The molecule has 1 aromatic heterocycles. The lowest BCUT2D eigenvalue weighted by atomic mass is 9.85. The fourth-order valence-corrected chi connectivity index (χ4v) is 4.10. The maximum absolute atomic E-state index is 13.1. The van der Waals surface area contributed by atoms with Crippen molar-refractivity contribution in [2.45, 2.75) is 39.3 Å². The van der Waals surface area contributed by atoms with Crippen molar-refractivity contribution in [2.75, 3.05) is 0 Å². The molecule has 1 aromatic carbocycles. The summed E-state index contributed by atoms with van der Waals surface area (Å²) >= 11 is 5.96. The number of Topliss-reactive ketones (excluding diaryl/α,β-unsaturated/α-hetero) is 1. The molecule has 4 amide bonds. The van der Waals surface area contributed by atoms with Gasteiger partial charge in [-0.3, -0.25) is 34.3 Å². The fraction of sp³-hybridized carbons (Fsp3) is 0.360. The van der Waals surface area contributed by atoms with Gasteiger partial charge in [0.2, 0.25) is 17.7 Å². The van der Waals surface area contributed by atoms with E-state index < -0.39 is 53.3 Å². The Bertz CT molecular complexity index is 1140. The van der Waals surface area contributed by atoms with Gasteiger partial charge in [0.25, 0.3) is 5.91 Å². The number of carbonyl (C=O) groups excluding carboxylic acids is 5. The number of hydrogen-bond acceptors (Lipinski definition) is 6. The number of carbonyl (C=O) groups is 5. The molecule has 0 radical (unpaired) electrons. The van der Waals surface area contributed by atoms with Crippen molar-refractivity contribution in [3.8, 4) is 0 Å². The summed E-state index contributed by atoms with van der Waals surface area (Å²) in [6.45, 7) is 4.99. The molecule has 4 atom stereocenters. The van der Waals surface area contributed by atoms with Gasteiger partial charge in [-0.25, -0.2) is 0 Å². The van der Waals surface area contributed by atoms with E-state index in [2.05, 4.69) is 20.9 Å². The number of pyridine rings is 1. The number of nitrogens with zero attached hydrogens (tertiary/aromatic N) is 1. The molecule has 10 heteroatoms. The van der Waals surface area contributed by atoms with Crippen LogP contribution in [0.5, 0.6) is 0 Å². The van der Waals surface area contributed by atoms with E-state index in [1.165, 1.54) is 19.2 Å². The van der Waals surface area contributed by atoms with E-state index in [0.717, 1.165) is 0 Å². The van der Waals surface area contributed by atoms with Crippen molar-refractivity contribution in [1.82, 2.24) is 20.9 Å². The predicted octanol–water partition coefficient (Wildman–Crippen LogP) is 2.21. The maximum atomic E-state index is 13.1. The van der Waals surface area contributed by atoms with E-state index in [4.69, 9.17) is 11.6 Å². The van der Waals surface area contributed by atoms with Gasteiger partial charge in [-0.1, -0.05) is 62.7 Å². The lowest BCUT2D eigenvalue weighted by Crippen LogP contribution is -2.49. The summed E-state index contributed by atoms with van der Waals surface area (Å²) in [4.78, 5) is 67.0. The Labute approximate surface area is 208 Å². The van der Waals surface area contributed by atoms with Gasteiger partial charge in [0, 0.05) is 11.2 Å². The fourth-order valence-electron chi connectivity index (χ4n) is 3.94. The number of hydrogen-bond donors (Lipinski definition) is 3. The summed E-state index contributed by atoms with van der Waals surface area (Å²) in [6.07, 6.45) is 1.24. The van der Waals surface area contributed by atoms with Crippen LogP contribution in [0.15, 0.2) is 48.7 Å². The number of imide groups is 1. The van der Waals surface area contributed by atoms with E-state index in [1.807, 2.05) is 6.07 Å². The zero-order valence-corrected chi connectivity index (χ0v) is 20.3. The second kappa shape index (κ2) is 11.2. The van der Waals surface area contributed by atoms with E-state index >= 15 is 0 Å². The SMILES string of the molecule is CC(C)[C@@H](NC(=O)C[C@H](NC(=O)c1cc(Cl)ccn1)c1ccccc1)C(=O)[C@@H]1C(=O)NC(=O)[C@@H]1C. The molecule has 0 bridgehead atoms. The predicted molar refractivity (Wildman–Crippen MR) is 128 cm³/mol. The Kier molecular flexibility index (Phi) is 8.34. The van der Waals surface area contributed by atoms with Crippen molar-refractivity contribution in [3.05, 3.63) is 64.9 Å². The molecule has 1 aliphatic rings. The van der Waals surface area contributed by atoms with Crippen LogP contribution in [0.4, 0.5) is 0 Å². The van der Waals surface area contributed by atoms with Gasteiger partial charge < -0.3 is 10.6 Å². The van der Waals surface area contributed by atoms with Crippen LogP contribution in [0.3, 0.4) is 0 Å². The van der Waals surface area contributed by atoms with Crippen molar-refractivity contribution >= 4 is 41.0 Å². The van der Waals surface area contributed by atoms with Crippen molar-refractivity contribution < 1.29 is 24.0 Å². The first-order chi connectivity index (χ1) is 16.6. The summed E-state index contributed by atoms with van der Waals surface area (Å²) in [7, 11) is 0. The highest BCUT2D eigenvalue weighted by molar-refractivity contribution is 6.30. The number of aromatic nitrogens is 1. The minimum Gasteiger partial charge on any atom is -0.346 e. The molecule has 1 aliphatic heterocycles. The molecule has 2 heterocycles. The number of halogens is 1. The highest BCUT2D eigenvalue weighted by Crippen LogP contribution is 2.24. The Balaban J connectivity index is 1.77. The van der Waals surface area contributed by atoms with E-state index in [-0.39, 0.29) is 18.0 Å². The van der Waals surface area contributed by atoms with Gasteiger partial charge in [0.1, 0.15) is 11.6 Å². The van der Waals surface area contributed by atoms with E-state index in [1.54, 1.807) is 44.2 Å². The van der Waals surface area contributed by atoms with Gasteiger partial charge in [-0.15, -0.1) is 0 Å². The normalized spacial score (nSPS) is 19.1. The van der Waals surface area contributed by atoms with Crippen molar-refractivity contribution in [2.24, 2.45) is 17.8 Å². The molecule has 0 spiro atoms. The minimum absolute atomic E-state index is 0.0972. The summed E-state index contributed by atoms with van der Waals surface area (Å²) in [6, 6.07) is 10.2. The highest BCUT2D eigenvalue weighted by Gasteiger charge is 2.46. The van der Waals surface area contributed by atoms with Crippen LogP contribution in [0.25, 0.3) is 0 Å². The second-order valence-electron chi connectivity index (χ2n) is 8.81. The summed E-state index contributed by atoms with van der Waals surface area (Å²) in [5.41, 5.74) is 0.778. The molecule has 0 saturated carbocycles. The topological polar surface area (TPSA) is 134 Å². The molecule has 3 rings (SSSR count). The van der Waals surface area contributed by atoms with E-state index in [9.17, 15) is 24.0 Å². The lowest BCUT2D eigenvalue weighted by Gasteiger charge is -2.26. The van der Waals surface area contributed by atoms with Gasteiger partial charge in [-0.05, 0) is 23.6 Å². The van der Waals surface area contributed by atoms with Crippen LogP contribution in [0, 0.1) is 17.8 Å². The lowest BCUT2D eigenvalue weighted by molar-refractivity contribution is -0.137. The van der Waals surface area contributed by atoms with Crippen LogP contribution in [0.1, 0.15) is 49.3 Å². The molecular formula is C25H27ClN4O5. The number of rotatable bonds is 9. The maximum Gasteiger partial charge on any atom is 0.270 e. The third-order valence-corrected chi connectivity index (χ3v) is 6.13. The Morgan fingerprint density at radius 3 is 2.31 bits per heavy atom. The Morgan fingerprint density at radius 2 is 1.74 bits per heavy atom. The third kappa shape index (κ3) is 6.30. The molecule has 35 heavy (non-hydrogen) atoms. The second-order valence-corrected chi connectivity index (χ2v) is 9.25. The molecule has 1 saturated heterocycles. The minimum atomic E-state index is -1.16. The summed E-state index contributed by atoms with van der Waals surface area (Å²) in [5.74, 6) is -5.00. The molecule has 0 unspecified atom stereocenters. The third-order valence-electron chi connectivity index (χ3n) is 5.89. The molecule has 9 nitrogen and oxygen atoms in total. The van der Waals surface area contributed by atoms with Crippen LogP contribution in [-0.2, 0) is 19.2 Å². The first kappa shape index (κ1) is 26.0. The summed E-state index contributed by atoms with van der Waals surface area (Å²) < 4.78 is 0. The molecule has 2 aromatic rings. The van der Waals surface area contributed by atoms with Crippen LogP contribution < -0.4 is 16.0 Å². The average molecular weight is 499 g/mol. The van der Waals surface area contributed by atoms with Crippen LogP contribution in [-0.4, -0.2) is 40.4 Å². The number of benzene rings is 1. The standard InChI is InChI=1S/C25H27ClN4O5/c1-13(2)21(22(32)20-14(3)23(33)30-25(20)35)29-19(31)12-17(15-7-5-4-6-8-15)28-24(34)18-11-16(26)9-10-27-18/h4-11,13-14,17,20-21H,12H2,1-3H3,(H,28,34)(H,29,31)(H,30,33,35)/t14-,17+,20-,21-/m1/s1. The quantitative estimate of drug-likeness (QED) is 0.358. The Morgan fingerprint density at radius 1 is 1.06 bits per heavy atom. The summed E-state index contributed by atoms with van der Waals surface area (Å²) in [5, 5.41) is 8.02.